The van der Waals surface area contributed by atoms with Crippen molar-refractivity contribution in [1.29, 1.82) is 0 Å². The Morgan fingerprint density at radius 2 is 1.96 bits per heavy atom. The van der Waals surface area contributed by atoms with E-state index in [4.69, 9.17) is 11.6 Å². The summed E-state index contributed by atoms with van der Waals surface area (Å²) in [5.41, 5.74) is 0.707. The summed E-state index contributed by atoms with van der Waals surface area (Å²) < 4.78 is 28.4. The van der Waals surface area contributed by atoms with Crippen molar-refractivity contribution in [3.63, 3.8) is 0 Å². The van der Waals surface area contributed by atoms with Gasteiger partial charge < -0.3 is 10.6 Å². The van der Waals surface area contributed by atoms with Gasteiger partial charge in [0, 0.05) is 5.02 Å². The number of nitrogens with zero attached hydrogens (tertiary/aromatic N) is 1. The van der Waals surface area contributed by atoms with Gasteiger partial charge in [-0.1, -0.05) is 17.7 Å². The van der Waals surface area contributed by atoms with E-state index in [9.17, 15) is 13.6 Å². The van der Waals surface area contributed by atoms with Crippen LogP contribution in [0.5, 0.6) is 0 Å². The monoisotopic (exact) mass is 363 g/mol. The van der Waals surface area contributed by atoms with Crippen LogP contribution < -0.4 is 10.6 Å². The third-order valence-corrected chi connectivity index (χ3v) is 4.14. The fourth-order valence-corrected chi connectivity index (χ4v) is 2.77. The van der Waals surface area contributed by atoms with E-state index in [2.05, 4.69) is 15.6 Å². The van der Waals surface area contributed by atoms with Crippen LogP contribution in [-0.4, -0.2) is 24.0 Å². The SMILES string of the molecule is O=C(Nc1cccc(C(F)=C2CCNCC2)n1)c1ccc(Cl)cc1F. The number of halogens is 3. The van der Waals surface area contributed by atoms with Gasteiger partial charge in [-0.25, -0.2) is 13.8 Å². The second kappa shape index (κ2) is 7.72. The minimum atomic E-state index is -0.732. The van der Waals surface area contributed by atoms with Crippen LogP contribution in [0.15, 0.2) is 42.0 Å². The molecule has 0 spiro atoms. The highest BCUT2D eigenvalue weighted by Gasteiger charge is 2.16. The van der Waals surface area contributed by atoms with E-state index in [0.29, 0.717) is 18.4 Å². The van der Waals surface area contributed by atoms with Crippen molar-refractivity contribution in [3.8, 4) is 0 Å². The number of anilines is 1. The number of nitrogens with one attached hydrogen (secondary N) is 2. The van der Waals surface area contributed by atoms with Crippen molar-refractivity contribution in [2.75, 3.05) is 18.4 Å². The average Bonchev–Trinajstić information content (AvgIpc) is 2.62. The van der Waals surface area contributed by atoms with Crippen LogP contribution in [0, 0.1) is 5.82 Å². The average molecular weight is 364 g/mol. The summed E-state index contributed by atoms with van der Waals surface area (Å²) in [7, 11) is 0. The van der Waals surface area contributed by atoms with E-state index >= 15 is 0 Å². The molecule has 0 atom stereocenters. The zero-order valence-electron chi connectivity index (χ0n) is 13.3. The van der Waals surface area contributed by atoms with Gasteiger partial charge in [-0.2, -0.15) is 0 Å². The number of aromatic nitrogens is 1. The largest absolute Gasteiger partial charge is 0.316 e. The lowest BCUT2D eigenvalue weighted by Gasteiger charge is -2.16. The second-order valence-corrected chi connectivity index (χ2v) is 6.09. The maximum atomic E-state index is 14.6. The highest BCUT2D eigenvalue weighted by Crippen LogP contribution is 2.25. The first-order valence-corrected chi connectivity index (χ1v) is 8.24. The molecule has 0 unspecified atom stereocenters. The Labute approximate surface area is 148 Å². The Kier molecular flexibility index (Phi) is 5.40. The Balaban J connectivity index is 1.81. The number of amides is 1. The summed E-state index contributed by atoms with van der Waals surface area (Å²) in [6, 6.07) is 8.43. The van der Waals surface area contributed by atoms with Gasteiger partial charge in [0.2, 0.25) is 0 Å². The molecule has 0 radical (unpaired) electrons. The molecule has 3 rings (SSSR count). The predicted octanol–water partition coefficient (Wildman–Crippen LogP) is 4.19. The molecule has 1 aromatic carbocycles. The number of pyridine rings is 1. The molecule has 0 aliphatic carbocycles. The molecule has 0 bridgehead atoms. The molecule has 1 aliphatic rings. The quantitative estimate of drug-likeness (QED) is 0.859. The number of hydrogen-bond acceptors (Lipinski definition) is 3. The van der Waals surface area contributed by atoms with Gasteiger partial charge in [0.25, 0.3) is 5.91 Å². The smallest absolute Gasteiger partial charge is 0.259 e. The first-order chi connectivity index (χ1) is 12.0. The van der Waals surface area contributed by atoms with Crippen LogP contribution >= 0.6 is 11.6 Å². The van der Waals surface area contributed by atoms with Crippen molar-refractivity contribution >= 4 is 29.2 Å². The Morgan fingerprint density at radius 3 is 2.68 bits per heavy atom. The van der Waals surface area contributed by atoms with E-state index in [1.165, 1.54) is 18.2 Å². The van der Waals surface area contributed by atoms with Crippen molar-refractivity contribution in [2.45, 2.75) is 12.8 Å². The summed E-state index contributed by atoms with van der Waals surface area (Å²) in [6.45, 7) is 1.46. The Morgan fingerprint density at radius 1 is 1.20 bits per heavy atom. The molecule has 1 saturated heterocycles. The molecule has 130 valence electrons. The number of benzene rings is 1. The topological polar surface area (TPSA) is 54.0 Å². The Bertz CT molecular complexity index is 831. The standard InChI is InChI=1S/C18H16ClF2N3O/c19-12-4-5-13(14(20)10-12)18(25)24-16-3-1-2-15(23-16)17(21)11-6-8-22-9-7-11/h1-5,10,22H,6-9H2,(H,23,24,25). The number of carbonyl (C=O) groups excluding carboxylic acids is 1. The molecule has 1 fully saturated rings. The minimum Gasteiger partial charge on any atom is -0.316 e. The molecule has 1 amide bonds. The fraction of sp³-hybridized carbons (Fsp3) is 0.222. The zero-order valence-corrected chi connectivity index (χ0v) is 14.0. The first kappa shape index (κ1) is 17.5. The number of rotatable bonds is 3. The maximum absolute atomic E-state index is 14.6. The van der Waals surface area contributed by atoms with Gasteiger partial charge in [-0.15, -0.1) is 0 Å². The van der Waals surface area contributed by atoms with Crippen LogP contribution in [-0.2, 0) is 0 Å². The lowest BCUT2D eigenvalue weighted by Crippen LogP contribution is -2.23. The van der Waals surface area contributed by atoms with Gasteiger partial charge in [-0.3, -0.25) is 4.79 Å². The number of piperidine rings is 1. The van der Waals surface area contributed by atoms with E-state index in [1.807, 2.05) is 0 Å². The third-order valence-electron chi connectivity index (χ3n) is 3.91. The molecule has 25 heavy (non-hydrogen) atoms. The van der Waals surface area contributed by atoms with E-state index in [1.54, 1.807) is 12.1 Å². The second-order valence-electron chi connectivity index (χ2n) is 5.65. The summed E-state index contributed by atoms with van der Waals surface area (Å²) in [5, 5.41) is 5.84. The summed E-state index contributed by atoms with van der Waals surface area (Å²) in [6.07, 6.45) is 1.25. The van der Waals surface area contributed by atoms with Crippen LogP contribution in [0.2, 0.25) is 5.02 Å². The van der Waals surface area contributed by atoms with Crippen LogP contribution in [0.4, 0.5) is 14.6 Å². The molecule has 1 aromatic heterocycles. The summed E-state index contributed by atoms with van der Waals surface area (Å²) >= 11 is 5.68. The minimum absolute atomic E-state index is 0.154. The molecule has 0 saturated carbocycles. The van der Waals surface area contributed by atoms with Gasteiger partial charge in [-0.05, 0) is 61.8 Å². The molecular weight excluding hydrogens is 348 g/mol. The zero-order chi connectivity index (χ0) is 17.8. The molecule has 2 aromatic rings. The maximum Gasteiger partial charge on any atom is 0.259 e. The van der Waals surface area contributed by atoms with E-state index < -0.39 is 11.7 Å². The Hall–Kier alpha value is -2.31. The number of hydrogen-bond donors (Lipinski definition) is 2. The fourth-order valence-electron chi connectivity index (χ4n) is 2.61. The summed E-state index contributed by atoms with van der Waals surface area (Å²) in [4.78, 5) is 16.3. The van der Waals surface area contributed by atoms with E-state index in [-0.39, 0.29) is 27.9 Å². The van der Waals surface area contributed by atoms with Crippen molar-refractivity contribution < 1.29 is 13.6 Å². The third kappa shape index (κ3) is 4.21. The van der Waals surface area contributed by atoms with Crippen LogP contribution in [0.25, 0.3) is 5.83 Å². The van der Waals surface area contributed by atoms with Crippen molar-refractivity contribution in [3.05, 3.63) is 64.1 Å². The molecule has 1 aliphatic heterocycles. The van der Waals surface area contributed by atoms with E-state index in [0.717, 1.165) is 19.2 Å². The molecule has 2 heterocycles. The summed E-state index contributed by atoms with van der Waals surface area (Å²) in [5.74, 6) is -1.62. The molecule has 2 N–H and O–H groups in total. The first-order valence-electron chi connectivity index (χ1n) is 7.86. The van der Waals surface area contributed by atoms with Crippen molar-refractivity contribution in [1.82, 2.24) is 10.3 Å². The number of carbonyl (C=O) groups is 1. The lowest BCUT2D eigenvalue weighted by atomic mass is 10.0. The molecule has 7 heteroatoms. The van der Waals surface area contributed by atoms with Crippen LogP contribution in [0.1, 0.15) is 28.9 Å². The van der Waals surface area contributed by atoms with Gasteiger partial charge in [0.05, 0.1) is 5.56 Å². The van der Waals surface area contributed by atoms with Gasteiger partial charge in [0.15, 0.2) is 0 Å². The van der Waals surface area contributed by atoms with Gasteiger partial charge in [0.1, 0.15) is 23.2 Å². The normalized spacial score (nSPS) is 14.3. The van der Waals surface area contributed by atoms with Gasteiger partial charge >= 0.3 is 0 Å². The van der Waals surface area contributed by atoms with Crippen LogP contribution in [0.3, 0.4) is 0 Å². The van der Waals surface area contributed by atoms with Crippen molar-refractivity contribution in [2.24, 2.45) is 0 Å². The predicted molar refractivity (Wildman–Crippen MR) is 93.7 cm³/mol. The highest BCUT2D eigenvalue weighted by atomic mass is 35.5. The molecule has 4 nitrogen and oxygen atoms in total. The molecular formula is C18H16ClF2N3O. The highest BCUT2D eigenvalue weighted by molar-refractivity contribution is 6.30. The lowest BCUT2D eigenvalue weighted by molar-refractivity contribution is 0.102.